The van der Waals surface area contributed by atoms with E-state index in [0.717, 1.165) is 77.0 Å². The van der Waals surface area contributed by atoms with Crippen molar-refractivity contribution < 1.29 is 38.1 Å². The Morgan fingerprint density at radius 2 is 0.351 bits per heavy atom. The molecular formula is C82H158O8S5Sn2. The van der Waals surface area contributed by atoms with Gasteiger partial charge in [0.2, 0.25) is 0 Å². The van der Waals surface area contributed by atoms with E-state index in [1.54, 1.807) is 0 Å². The van der Waals surface area contributed by atoms with Crippen molar-refractivity contribution in [2.45, 2.75) is 402 Å². The molecule has 0 saturated heterocycles. The van der Waals surface area contributed by atoms with E-state index < -0.39 is 0 Å². The maximum absolute atomic E-state index is 11.2. The molecule has 4 radical (unpaired) electrons. The fourth-order valence-corrected chi connectivity index (χ4v) is 10.6. The molecule has 0 aromatic carbocycles. The van der Waals surface area contributed by atoms with Crippen molar-refractivity contribution in [1.29, 1.82) is 0 Å². The predicted molar refractivity (Wildman–Crippen MR) is 446 cm³/mol. The van der Waals surface area contributed by atoms with Gasteiger partial charge < -0.3 is 69.5 Å². The van der Waals surface area contributed by atoms with Crippen LogP contribution in [-0.4, -0.2) is 121 Å². The van der Waals surface area contributed by atoms with Crippen LogP contribution >= 0.6 is 13.5 Å². The molecule has 0 aromatic rings. The van der Waals surface area contributed by atoms with Crippen LogP contribution in [0.1, 0.15) is 402 Å². The first-order chi connectivity index (χ1) is 45.2. The minimum Gasteiger partial charge on any atom is -0.789 e. The van der Waals surface area contributed by atoms with E-state index in [9.17, 15) is 19.2 Å². The molecule has 0 aliphatic heterocycles. The molecule has 0 fully saturated rings. The molecule has 0 aromatic heterocycles. The Bertz CT molecular complexity index is 1350. The topological polar surface area (TPSA) is 105 Å². The van der Waals surface area contributed by atoms with Gasteiger partial charge in [-0.1, -0.05) is 297 Å². The molecule has 0 aliphatic rings. The van der Waals surface area contributed by atoms with Gasteiger partial charge in [0.15, 0.2) is 0 Å². The van der Waals surface area contributed by atoms with Crippen LogP contribution in [-0.2, 0) is 88.6 Å². The maximum atomic E-state index is 11.2. The number of hydrogen-bond donors (Lipinski definition) is 0. The minimum atomic E-state index is -0.103. The third-order valence-corrected chi connectivity index (χ3v) is 16.6. The monoisotopic (exact) mass is 1670 g/mol. The van der Waals surface area contributed by atoms with Gasteiger partial charge in [0.1, 0.15) is 0 Å². The summed E-state index contributed by atoms with van der Waals surface area (Å²) in [5.41, 5.74) is 0. The van der Waals surface area contributed by atoms with Crippen LogP contribution in [0.4, 0.5) is 0 Å². The number of rotatable bonds is 68. The summed E-state index contributed by atoms with van der Waals surface area (Å²) in [5.74, 6) is 1.56. The van der Waals surface area contributed by atoms with Crippen molar-refractivity contribution in [3.63, 3.8) is 0 Å². The van der Waals surface area contributed by atoms with Gasteiger partial charge in [-0.05, 0) is 128 Å². The van der Waals surface area contributed by atoms with Crippen LogP contribution in [0.5, 0.6) is 0 Å². The summed E-state index contributed by atoms with van der Waals surface area (Å²) in [7, 11) is 0. The van der Waals surface area contributed by atoms with E-state index in [-0.39, 0.29) is 100 Å². The second-order valence-corrected chi connectivity index (χ2v) is 26.7. The van der Waals surface area contributed by atoms with Crippen molar-refractivity contribution in [3.8, 4) is 0 Å². The molecule has 0 atom stereocenters. The van der Waals surface area contributed by atoms with E-state index >= 15 is 0 Å². The summed E-state index contributed by atoms with van der Waals surface area (Å²) in [4.78, 5) is 45.0. The number of hydrogen-bond acceptors (Lipinski definition) is 12. The number of unbranched alkanes of at least 4 members (excludes halogenated alkanes) is 44. The fourth-order valence-electron chi connectivity index (χ4n) is 10.3. The summed E-state index contributed by atoms with van der Waals surface area (Å²) >= 11 is 18.9. The van der Waals surface area contributed by atoms with Gasteiger partial charge in [-0.15, -0.1) is 23.0 Å². The zero-order valence-corrected chi connectivity index (χ0v) is 72.2. The van der Waals surface area contributed by atoms with Crippen LogP contribution in [0, 0.1) is 0 Å². The quantitative estimate of drug-likeness (QED) is 0.0145. The SMILES string of the molecule is C.C.CCCCCCCCCCC/C=C/CCCCC(=O)OCC[S-].CCCCCCCCCCC/C=C/CCCCC(=O)OCC[S-].CCCCCCCCCCC/C=C/CCCCC(=O)OCC[S-].CCCCCCCCCCC/C=C/CCCCC(=O)OCC[S-].S.[Sn+2].[Sn+2]. The Hall–Kier alpha value is 0.187. The first kappa shape index (κ1) is 116. The summed E-state index contributed by atoms with van der Waals surface area (Å²) in [5, 5.41) is 0. The van der Waals surface area contributed by atoms with Crippen molar-refractivity contribution in [2.75, 3.05) is 49.4 Å². The molecule has 0 heterocycles. The number of ether oxygens (including phenoxy) is 4. The van der Waals surface area contributed by atoms with E-state index in [1.165, 1.54) is 257 Å². The molecule has 15 heteroatoms. The Morgan fingerprint density at radius 1 is 0.227 bits per heavy atom. The Kier molecular flexibility index (Phi) is 134. The zero-order chi connectivity index (χ0) is 68.0. The normalized spacial score (nSPS) is 10.6. The maximum Gasteiger partial charge on any atom is 2.00 e. The van der Waals surface area contributed by atoms with Gasteiger partial charge in [0.05, 0.1) is 26.4 Å². The van der Waals surface area contributed by atoms with Gasteiger partial charge in [0.25, 0.3) is 0 Å². The molecule has 0 aliphatic carbocycles. The molecule has 0 bridgehead atoms. The average molecular weight is 1670 g/mol. The van der Waals surface area contributed by atoms with Gasteiger partial charge in [-0.2, -0.15) is 13.5 Å². The summed E-state index contributed by atoms with van der Waals surface area (Å²) in [6.07, 6.45) is 87.4. The smallest absolute Gasteiger partial charge is 0.789 e. The van der Waals surface area contributed by atoms with Gasteiger partial charge in [-0.3, -0.25) is 19.2 Å². The predicted octanol–water partition coefficient (Wildman–Crippen LogP) is 25.1. The number of carbonyl (C=O) groups is 4. The van der Waals surface area contributed by atoms with Gasteiger partial charge >= 0.3 is 71.7 Å². The molecule has 0 amide bonds. The average Bonchev–Trinajstić information content (AvgIpc) is 3.68. The van der Waals surface area contributed by atoms with Gasteiger partial charge in [0, 0.05) is 25.7 Å². The first-order valence-electron chi connectivity index (χ1n) is 38.8. The van der Waals surface area contributed by atoms with Crippen molar-refractivity contribution in [1.82, 2.24) is 0 Å². The van der Waals surface area contributed by atoms with E-state index in [0.29, 0.717) is 75.1 Å². The number of esters is 4. The third-order valence-electron chi connectivity index (χ3n) is 16.0. The van der Waals surface area contributed by atoms with E-state index in [1.807, 2.05) is 0 Å². The first-order valence-corrected chi connectivity index (χ1v) is 41.1. The molecular weight excluding hydrogens is 1510 g/mol. The largest absolute Gasteiger partial charge is 2.00 e. The molecule has 0 N–H and O–H groups in total. The Labute approximate surface area is 668 Å². The molecule has 0 rings (SSSR count). The number of carbonyl (C=O) groups excluding carboxylic acids is 4. The van der Waals surface area contributed by atoms with Crippen LogP contribution in [0.25, 0.3) is 0 Å². The molecule has 97 heavy (non-hydrogen) atoms. The van der Waals surface area contributed by atoms with Crippen molar-refractivity contribution in [3.05, 3.63) is 48.6 Å². The van der Waals surface area contributed by atoms with Crippen LogP contribution in [0.3, 0.4) is 0 Å². The van der Waals surface area contributed by atoms with Crippen molar-refractivity contribution in [2.24, 2.45) is 0 Å². The number of allylic oxidation sites excluding steroid dienone is 8. The fraction of sp³-hybridized carbons (Fsp3) is 0.854. The Morgan fingerprint density at radius 3 is 0.485 bits per heavy atom. The van der Waals surface area contributed by atoms with Gasteiger partial charge in [-0.25, -0.2) is 0 Å². The summed E-state index contributed by atoms with van der Waals surface area (Å²) < 4.78 is 19.8. The minimum absolute atomic E-state index is 0. The molecule has 0 saturated carbocycles. The van der Waals surface area contributed by atoms with E-state index in [2.05, 4.69) is 76.3 Å². The molecule has 572 valence electrons. The second-order valence-electron chi connectivity index (χ2n) is 25.0. The van der Waals surface area contributed by atoms with Crippen LogP contribution in [0.15, 0.2) is 48.6 Å². The molecule has 0 unspecified atom stereocenters. The standard InChI is InChI=1S/4C20H38O2S.2CH4.H2S.2Sn/c4*1-2-3-4-5-6-7-8-9-10-11-12-13-14-15-16-17-20(21)22-18-19-23;;;;;/h4*12-13,23H,2-11,14-19H2,1H3;2*1H4;1H2;;/q;;;;;;;2*+2/p-4/b4*13-12+;;;;;. The van der Waals surface area contributed by atoms with Crippen LogP contribution in [0.2, 0.25) is 0 Å². The Balaban J connectivity index is -0.000000149. The van der Waals surface area contributed by atoms with Crippen molar-refractivity contribution >= 4 is 136 Å². The third kappa shape index (κ3) is 120. The molecule has 8 nitrogen and oxygen atoms in total. The second kappa shape index (κ2) is 112. The summed E-state index contributed by atoms with van der Waals surface area (Å²) in [6.45, 7) is 10.6. The van der Waals surface area contributed by atoms with E-state index in [4.69, 9.17) is 69.5 Å². The van der Waals surface area contributed by atoms with Crippen LogP contribution < -0.4 is 0 Å². The summed E-state index contributed by atoms with van der Waals surface area (Å²) in [6, 6.07) is 0. The molecule has 0 spiro atoms. The zero-order valence-electron chi connectivity index (χ0n) is 62.3.